The van der Waals surface area contributed by atoms with Crippen LogP contribution in [0.25, 0.3) is 0 Å². The van der Waals surface area contributed by atoms with Crippen molar-refractivity contribution < 1.29 is 0 Å². The lowest BCUT2D eigenvalue weighted by Gasteiger charge is -2.10. The largest absolute Gasteiger partial charge is 0.340 e. The van der Waals surface area contributed by atoms with Crippen LogP contribution < -0.4 is 4.90 Å². The van der Waals surface area contributed by atoms with E-state index >= 15 is 0 Å². The zero-order valence-corrected chi connectivity index (χ0v) is 7.62. The fourth-order valence-corrected chi connectivity index (χ4v) is 1.50. The summed E-state index contributed by atoms with van der Waals surface area (Å²) in [6.07, 6.45) is 2.55. The molecule has 1 aromatic heterocycles. The van der Waals surface area contributed by atoms with E-state index in [2.05, 4.69) is 15.0 Å². The molecule has 0 N–H and O–H groups in total. The van der Waals surface area contributed by atoms with Gasteiger partial charge in [0.05, 0.1) is 0 Å². The molecule has 0 saturated carbocycles. The van der Waals surface area contributed by atoms with Crippen molar-refractivity contribution in [1.82, 2.24) is 14.8 Å². The van der Waals surface area contributed by atoms with Crippen LogP contribution in [0.1, 0.15) is 18.7 Å². The summed E-state index contributed by atoms with van der Waals surface area (Å²) < 4.78 is 1.83. The number of anilines is 1. The van der Waals surface area contributed by atoms with Crippen LogP contribution in [-0.4, -0.2) is 27.9 Å². The third kappa shape index (κ3) is 1.17. The Morgan fingerprint density at radius 2 is 1.92 bits per heavy atom. The average molecular weight is 166 g/mol. The Morgan fingerprint density at radius 1 is 1.25 bits per heavy atom. The Bertz CT molecular complexity index is 253. The summed E-state index contributed by atoms with van der Waals surface area (Å²) in [5.74, 6) is 1.88. The summed E-state index contributed by atoms with van der Waals surface area (Å²) in [4.78, 5) is 6.61. The summed E-state index contributed by atoms with van der Waals surface area (Å²) >= 11 is 0. The molecule has 1 saturated heterocycles. The molecule has 1 fully saturated rings. The van der Waals surface area contributed by atoms with Crippen molar-refractivity contribution in [2.45, 2.75) is 19.8 Å². The van der Waals surface area contributed by atoms with Crippen LogP contribution in [0.5, 0.6) is 0 Å². The molecule has 12 heavy (non-hydrogen) atoms. The highest BCUT2D eigenvalue weighted by Gasteiger charge is 2.16. The minimum atomic E-state index is 0.896. The van der Waals surface area contributed by atoms with Gasteiger partial charge in [0.2, 0.25) is 5.95 Å². The molecule has 66 valence electrons. The van der Waals surface area contributed by atoms with Gasteiger partial charge in [-0.2, -0.15) is 4.98 Å². The highest BCUT2D eigenvalue weighted by Crippen LogP contribution is 2.15. The predicted octanol–water partition coefficient (Wildman–Crippen LogP) is 0.724. The number of hydrogen-bond acceptors (Lipinski definition) is 3. The second-order valence-electron chi connectivity index (χ2n) is 3.28. The van der Waals surface area contributed by atoms with Gasteiger partial charge in [-0.3, -0.25) is 4.68 Å². The number of hydrogen-bond donors (Lipinski definition) is 0. The van der Waals surface area contributed by atoms with Crippen molar-refractivity contribution in [3.05, 3.63) is 5.82 Å². The fourth-order valence-electron chi connectivity index (χ4n) is 1.50. The maximum absolute atomic E-state index is 4.37. The van der Waals surface area contributed by atoms with E-state index in [1.807, 2.05) is 18.7 Å². The quantitative estimate of drug-likeness (QED) is 0.616. The van der Waals surface area contributed by atoms with E-state index in [0.717, 1.165) is 24.9 Å². The van der Waals surface area contributed by atoms with Crippen LogP contribution in [0.15, 0.2) is 0 Å². The topological polar surface area (TPSA) is 34.0 Å². The lowest BCUT2D eigenvalue weighted by Crippen LogP contribution is -2.19. The number of aromatic nitrogens is 3. The standard InChI is InChI=1S/C8H14N4/c1-7-9-8(10-11(7)2)12-5-3-4-6-12/h3-6H2,1-2H3. The van der Waals surface area contributed by atoms with Gasteiger partial charge in [0.15, 0.2) is 0 Å². The highest BCUT2D eigenvalue weighted by atomic mass is 15.4. The van der Waals surface area contributed by atoms with Gasteiger partial charge in [-0.15, -0.1) is 5.10 Å². The highest BCUT2D eigenvalue weighted by molar-refractivity contribution is 5.29. The zero-order valence-electron chi connectivity index (χ0n) is 7.62. The molecule has 0 aliphatic carbocycles. The first-order valence-corrected chi connectivity index (χ1v) is 4.40. The van der Waals surface area contributed by atoms with Crippen molar-refractivity contribution in [3.63, 3.8) is 0 Å². The van der Waals surface area contributed by atoms with E-state index in [1.54, 1.807) is 0 Å². The Kier molecular flexibility index (Phi) is 1.75. The van der Waals surface area contributed by atoms with Crippen LogP contribution in [0.2, 0.25) is 0 Å². The van der Waals surface area contributed by atoms with Gasteiger partial charge in [-0.25, -0.2) is 0 Å². The van der Waals surface area contributed by atoms with Gasteiger partial charge in [0.1, 0.15) is 5.82 Å². The lowest BCUT2D eigenvalue weighted by atomic mass is 10.4. The smallest absolute Gasteiger partial charge is 0.244 e. The molecule has 0 atom stereocenters. The molecular weight excluding hydrogens is 152 g/mol. The van der Waals surface area contributed by atoms with Crippen molar-refractivity contribution in [2.24, 2.45) is 7.05 Å². The van der Waals surface area contributed by atoms with Gasteiger partial charge in [-0.1, -0.05) is 0 Å². The lowest BCUT2D eigenvalue weighted by molar-refractivity contribution is 0.728. The first-order chi connectivity index (χ1) is 5.77. The predicted molar refractivity (Wildman–Crippen MR) is 47.2 cm³/mol. The van der Waals surface area contributed by atoms with Gasteiger partial charge in [0.25, 0.3) is 0 Å². The van der Waals surface area contributed by atoms with Crippen LogP contribution in [0.3, 0.4) is 0 Å². The monoisotopic (exact) mass is 166 g/mol. The second kappa shape index (κ2) is 2.77. The molecule has 0 radical (unpaired) electrons. The van der Waals surface area contributed by atoms with E-state index in [9.17, 15) is 0 Å². The molecule has 4 heteroatoms. The minimum Gasteiger partial charge on any atom is -0.340 e. The third-order valence-electron chi connectivity index (χ3n) is 2.36. The van der Waals surface area contributed by atoms with E-state index < -0.39 is 0 Å². The molecule has 2 rings (SSSR count). The molecule has 1 aliphatic rings. The maximum Gasteiger partial charge on any atom is 0.244 e. The van der Waals surface area contributed by atoms with Crippen molar-refractivity contribution >= 4 is 5.95 Å². The molecule has 4 nitrogen and oxygen atoms in total. The van der Waals surface area contributed by atoms with Crippen LogP contribution >= 0.6 is 0 Å². The van der Waals surface area contributed by atoms with Crippen molar-refractivity contribution in [2.75, 3.05) is 18.0 Å². The van der Waals surface area contributed by atoms with E-state index in [4.69, 9.17) is 0 Å². The molecule has 0 spiro atoms. The summed E-state index contributed by atoms with van der Waals surface area (Å²) in [5, 5.41) is 4.32. The molecule has 1 aromatic rings. The summed E-state index contributed by atoms with van der Waals surface area (Å²) in [6, 6.07) is 0. The SMILES string of the molecule is Cc1nc(N2CCCC2)nn1C. The Labute approximate surface area is 72.2 Å². The molecule has 0 amide bonds. The van der Waals surface area contributed by atoms with Gasteiger partial charge in [-0.05, 0) is 19.8 Å². The summed E-state index contributed by atoms with van der Waals surface area (Å²) in [7, 11) is 1.93. The molecule has 1 aliphatic heterocycles. The van der Waals surface area contributed by atoms with Crippen molar-refractivity contribution in [1.29, 1.82) is 0 Å². The Balaban J connectivity index is 2.21. The number of aryl methyl sites for hydroxylation is 2. The fraction of sp³-hybridized carbons (Fsp3) is 0.750. The van der Waals surface area contributed by atoms with Crippen LogP contribution in [-0.2, 0) is 7.05 Å². The van der Waals surface area contributed by atoms with Crippen LogP contribution in [0.4, 0.5) is 5.95 Å². The third-order valence-corrected chi connectivity index (χ3v) is 2.36. The van der Waals surface area contributed by atoms with Crippen LogP contribution in [0, 0.1) is 6.92 Å². The first kappa shape index (κ1) is 7.58. The minimum absolute atomic E-state index is 0.896. The number of nitrogens with zero attached hydrogens (tertiary/aromatic N) is 4. The normalized spacial score (nSPS) is 17.3. The zero-order chi connectivity index (χ0) is 8.55. The maximum atomic E-state index is 4.37. The molecule has 2 heterocycles. The van der Waals surface area contributed by atoms with E-state index in [1.165, 1.54) is 12.8 Å². The molecule has 0 unspecified atom stereocenters. The van der Waals surface area contributed by atoms with Crippen molar-refractivity contribution in [3.8, 4) is 0 Å². The number of rotatable bonds is 1. The first-order valence-electron chi connectivity index (χ1n) is 4.40. The molecule has 0 aromatic carbocycles. The van der Waals surface area contributed by atoms with Gasteiger partial charge < -0.3 is 4.90 Å². The average Bonchev–Trinajstić information content (AvgIpc) is 2.61. The van der Waals surface area contributed by atoms with Gasteiger partial charge in [0, 0.05) is 20.1 Å². The Morgan fingerprint density at radius 3 is 2.42 bits per heavy atom. The van der Waals surface area contributed by atoms with E-state index in [-0.39, 0.29) is 0 Å². The Hall–Kier alpha value is -1.06. The second-order valence-corrected chi connectivity index (χ2v) is 3.28. The summed E-state index contributed by atoms with van der Waals surface area (Å²) in [6.45, 7) is 4.21. The van der Waals surface area contributed by atoms with E-state index in [0.29, 0.717) is 0 Å². The van der Waals surface area contributed by atoms with Gasteiger partial charge >= 0.3 is 0 Å². The summed E-state index contributed by atoms with van der Waals surface area (Å²) in [5.41, 5.74) is 0. The molecular formula is C8H14N4. The molecule has 0 bridgehead atoms.